The van der Waals surface area contributed by atoms with Crippen molar-refractivity contribution in [1.82, 2.24) is 19.8 Å². The van der Waals surface area contributed by atoms with Gasteiger partial charge in [0.15, 0.2) is 0 Å². The molecule has 1 unspecified atom stereocenters. The lowest BCUT2D eigenvalue weighted by Crippen LogP contribution is -2.49. The summed E-state index contributed by atoms with van der Waals surface area (Å²) in [5.41, 5.74) is 3.10. The van der Waals surface area contributed by atoms with Gasteiger partial charge in [0.25, 0.3) is 0 Å². The van der Waals surface area contributed by atoms with Crippen LogP contribution in [0.1, 0.15) is 37.9 Å². The largest absolute Gasteiger partial charge is 0.508 e. The molecule has 218 valence electrons. The van der Waals surface area contributed by atoms with Crippen LogP contribution in [0.2, 0.25) is 0 Å². The molecular weight excluding hydrogens is 516 g/mol. The quantitative estimate of drug-likeness (QED) is 0.450. The summed E-state index contributed by atoms with van der Waals surface area (Å²) in [6, 6.07) is 12.6. The van der Waals surface area contributed by atoms with E-state index in [9.17, 15) is 9.90 Å². The first kappa shape index (κ1) is 28.7. The zero-order chi connectivity index (χ0) is 28.9. The molecule has 1 N–H and O–H groups in total. The topological polar surface area (TPSA) is 85.3 Å². The zero-order valence-corrected chi connectivity index (χ0v) is 24.6. The van der Waals surface area contributed by atoms with Crippen LogP contribution in [0.3, 0.4) is 0 Å². The van der Waals surface area contributed by atoms with Crippen molar-refractivity contribution >= 4 is 28.2 Å². The molecule has 2 aromatic carbocycles. The van der Waals surface area contributed by atoms with Crippen LogP contribution >= 0.6 is 0 Å². The van der Waals surface area contributed by atoms with Crippen molar-refractivity contribution in [3.8, 4) is 11.8 Å². The van der Waals surface area contributed by atoms with Crippen LogP contribution < -0.4 is 14.5 Å². The molecule has 3 aliphatic heterocycles. The highest BCUT2D eigenvalue weighted by Crippen LogP contribution is 2.36. The molecule has 0 bridgehead atoms. The van der Waals surface area contributed by atoms with Crippen molar-refractivity contribution in [3.05, 3.63) is 60.3 Å². The van der Waals surface area contributed by atoms with Crippen LogP contribution in [0, 0.1) is 0 Å². The Kier molecular flexibility index (Phi) is 8.93. The summed E-state index contributed by atoms with van der Waals surface area (Å²) in [6.45, 7) is 13.4. The second kappa shape index (κ2) is 12.8. The minimum atomic E-state index is -0.0296. The molecule has 9 heteroatoms. The fraction of sp³-hybridized carbons (Fsp3) is 0.469. The van der Waals surface area contributed by atoms with Gasteiger partial charge in [-0.15, -0.1) is 0 Å². The third-order valence-corrected chi connectivity index (χ3v) is 8.33. The van der Waals surface area contributed by atoms with E-state index in [1.165, 1.54) is 12.5 Å². The van der Waals surface area contributed by atoms with Gasteiger partial charge < -0.3 is 29.4 Å². The Morgan fingerprint density at radius 2 is 1.85 bits per heavy atom. The lowest BCUT2D eigenvalue weighted by Gasteiger charge is -2.38. The van der Waals surface area contributed by atoms with Gasteiger partial charge in [0.2, 0.25) is 5.91 Å². The highest BCUT2D eigenvalue weighted by atomic mass is 16.5. The molecule has 1 aromatic heterocycles. The number of carbonyl (C=O) groups is 1. The standard InChI is InChI=1S/C30H36N6O3.C2H6/c1-3-28(38)34-13-15-35(16-14-34)29-25-10-12-36(27-18-23(37)17-21-7-4-5-9-24(21)27)19-26(25)31-30(32-29)39-20-22-8-6-11-33(22)2;1-2/h3-5,7,9,17-18,22,37H,1,6,8,10-16,19-20H2,2H3;1-2H3. The van der Waals surface area contributed by atoms with Crippen molar-refractivity contribution in [3.63, 3.8) is 0 Å². The van der Waals surface area contributed by atoms with Crippen LogP contribution in [0.5, 0.6) is 11.8 Å². The smallest absolute Gasteiger partial charge is 0.318 e. The first-order chi connectivity index (χ1) is 20.0. The van der Waals surface area contributed by atoms with Gasteiger partial charge in [0.05, 0.1) is 12.2 Å². The molecule has 0 aliphatic carbocycles. The number of nitrogens with zero attached hydrogens (tertiary/aromatic N) is 6. The maximum atomic E-state index is 12.1. The van der Waals surface area contributed by atoms with Gasteiger partial charge in [-0.3, -0.25) is 4.79 Å². The summed E-state index contributed by atoms with van der Waals surface area (Å²) in [5, 5.41) is 12.6. The summed E-state index contributed by atoms with van der Waals surface area (Å²) >= 11 is 0. The number of amides is 1. The third-order valence-electron chi connectivity index (χ3n) is 8.33. The number of piperazine rings is 1. The van der Waals surface area contributed by atoms with Crippen LogP contribution in [0.4, 0.5) is 11.5 Å². The maximum absolute atomic E-state index is 12.1. The molecule has 0 saturated carbocycles. The second-order valence-corrected chi connectivity index (χ2v) is 10.7. The number of phenolic OH excluding ortho intramolecular Hbond substituents is 1. The first-order valence-corrected chi connectivity index (χ1v) is 14.9. The number of hydrogen-bond donors (Lipinski definition) is 1. The van der Waals surface area contributed by atoms with Gasteiger partial charge in [-0.1, -0.05) is 44.7 Å². The summed E-state index contributed by atoms with van der Waals surface area (Å²) in [5.74, 6) is 1.15. The molecular formula is C32H42N6O3. The number of ether oxygens (including phenoxy) is 1. The number of benzene rings is 2. The molecule has 3 aliphatic rings. The lowest BCUT2D eigenvalue weighted by molar-refractivity contribution is -0.126. The fourth-order valence-corrected chi connectivity index (χ4v) is 6.09. The number of aromatic hydroxyl groups is 1. The van der Waals surface area contributed by atoms with E-state index in [1.54, 1.807) is 6.07 Å². The average Bonchev–Trinajstić information content (AvgIpc) is 3.43. The monoisotopic (exact) mass is 558 g/mol. The van der Waals surface area contributed by atoms with Gasteiger partial charge in [0.1, 0.15) is 18.2 Å². The summed E-state index contributed by atoms with van der Waals surface area (Å²) in [7, 11) is 2.14. The van der Waals surface area contributed by atoms with E-state index in [2.05, 4.69) is 34.4 Å². The van der Waals surface area contributed by atoms with Gasteiger partial charge in [-0.05, 0) is 50.4 Å². The summed E-state index contributed by atoms with van der Waals surface area (Å²) in [4.78, 5) is 30.7. The number of anilines is 2. The minimum Gasteiger partial charge on any atom is -0.508 e. The van der Waals surface area contributed by atoms with E-state index < -0.39 is 0 Å². The van der Waals surface area contributed by atoms with Gasteiger partial charge in [-0.25, -0.2) is 0 Å². The number of fused-ring (bicyclic) bond motifs is 2. The molecule has 1 amide bonds. The number of likely N-dealkylation sites (N-methyl/N-ethyl adjacent to an activating group) is 1. The van der Waals surface area contributed by atoms with Crippen LogP contribution in [-0.2, 0) is 17.8 Å². The molecule has 2 saturated heterocycles. The number of rotatable bonds is 6. The molecule has 4 heterocycles. The average molecular weight is 559 g/mol. The van der Waals surface area contributed by atoms with Crippen LogP contribution in [-0.4, -0.2) is 89.7 Å². The SMILES string of the molecule is C=CC(=O)N1CCN(c2nc(OCC3CCCN3C)nc3c2CCN(c2cc(O)cc4ccccc24)C3)CC1.CC. The highest BCUT2D eigenvalue weighted by molar-refractivity contribution is 5.95. The van der Waals surface area contributed by atoms with Gasteiger partial charge in [0, 0.05) is 61.5 Å². The predicted octanol–water partition coefficient (Wildman–Crippen LogP) is 4.23. The Hall–Kier alpha value is -3.85. The van der Waals surface area contributed by atoms with Crippen LogP contribution in [0.25, 0.3) is 10.8 Å². The number of aromatic nitrogens is 2. The Labute approximate surface area is 243 Å². The van der Waals surface area contributed by atoms with Crippen LogP contribution in [0.15, 0.2) is 49.1 Å². The van der Waals surface area contributed by atoms with Gasteiger partial charge >= 0.3 is 6.01 Å². The zero-order valence-electron chi connectivity index (χ0n) is 24.6. The van der Waals surface area contributed by atoms with Crippen molar-refractivity contribution in [2.24, 2.45) is 0 Å². The van der Waals surface area contributed by atoms with Crippen molar-refractivity contribution in [1.29, 1.82) is 0 Å². The van der Waals surface area contributed by atoms with E-state index in [0.717, 1.165) is 59.5 Å². The minimum absolute atomic E-state index is 0.0296. The van der Waals surface area contributed by atoms with E-state index in [-0.39, 0.29) is 11.7 Å². The predicted molar refractivity (Wildman–Crippen MR) is 164 cm³/mol. The van der Waals surface area contributed by atoms with Crippen molar-refractivity contribution < 1.29 is 14.6 Å². The van der Waals surface area contributed by atoms with Gasteiger partial charge in [-0.2, -0.15) is 9.97 Å². The molecule has 0 radical (unpaired) electrons. The number of carbonyl (C=O) groups excluding carboxylic acids is 1. The van der Waals surface area contributed by atoms with E-state index in [1.807, 2.05) is 43.0 Å². The molecule has 0 spiro atoms. The number of hydrogen-bond acceptors (Lipinski definition) is 8. The van der Waals surface area contributed by atoms with Crippen molar-refractivity contribution in [2.75, 3.05) is 62.7 Å². The highest BCUT2D eigenvalue weighted by Gasteiger charge is 2.30. The Balaban J connectivity index is 0.00000165. The van der Waals surface area contributed by atoms with E-state index >= 15 is 0 Å². The Morgan fingerprint density at radius 3 is 2.59 bits per heavy atom. The normalized spacial score (nSPS) is 19.0. The molecule has 6 rings (SSSR count). The molecule has 41 heavy (non-hydrogen) atoms. The molecule has 9 nitrogen and oxygen atoms in total. The second-order valence-electron chi connectivity index (χ2n) is 10.7. The fourth-order valence-electron chi connectivity index (χ4n) is 6.09. The Morgan fingerprint density at radius 1 is 1.07 bits per heavy atom. The Bertz CT molecular complexity index is 1390. The lowest BCUT2D eigenvalue weighted by atomic mass is 10.0. The summed E-state index contributed by atoms with van der Waals surface area (Å²) in [6.07, 6.45) is 4.47. The molecule has 3 aromatic rings. The maximum Gasteiger partial charge on any atom is 0.318 e. The molecule has 1 atom stereocenters. The van der Waals surface area contributed by atoms with Crippen molar-refractivity contribution in [2.45, 2.75) is 45.7 Å². The van der Waals surface area contributed by atoms with E-state index in [0.29, 0.717) is 51.4 Å². The number of phenols is 1. The first-order valence-electron chi connectivity index (χ1n) is 14.9. The third kappa shape index (κ3) is 6.10. The molecule has 2 fully saturated rings. The summed E-state index contributed by atoms with van der Waals surface area (Å²) < 4.78 is 6.24. The van der Waals surface area contributed by atoms with E-state index in [4.69, 9.17) is 14.7 Å². The number of likely N-dealkylation sites (tertiary alicyclic amines) is 1.